The molecule has 2 aromatic heterocycles. The summed E-state index contributed by atoms with van der Waals surface area (Å²) in [6, 6.07) is 35.1. The summed E-state index contributed by atoms with van der Waals surface area (Å²) in [5.41, 5.74) is 4.38. The summed E-state index contributed by atoms with van der Waals surface area (Å²) in [7, 11) is 0. The minimum absolute atomic E-state index is 0.618. The van der Waals surface area contributed by atoms with Crippen molar-refractivity contribution >= 4 is 22.2 Å². The van der Waals surface area contributed by atoms with Crippen molar-refractivity contribution in [1.29, 1.82) is 0 Å². The first-order valence-electron chi connectivity index (χ1n) is 9.85. The van der Waals surface area contributed by atoms with E-state index in [1.54, 1.807) is 17.6 Å². The highest BCUT2D eigenvalue weighted by Gasteiger charge is 2.21. The number of para-hydroxylation sites is 1. The van der Waals surface area contributed by atoms with Gasteiger partial charge in [-0.25, -0.2) is 4.98 Å². The zero-order valence-electron chi connectivity index (χ0n) is 16.3. The van der Waals surface area contributed by atoms with Gasteiger partial charge in [0.2, 0.25) is 0 Å². The topological polar surface area (TPSA) is 29.3 Å². The van der Waals surface area contributed by atoms with Crippen molar-refractivity contribution in [3.05, 3.63) is 115 Å². The van der Waals surface area contributed by atoms with Crippen LogP contribution in [-0.4, -0.2) is 4.98 Å². The molecule has 0 fully saturated rings. The van der Waals surface area contributed by atoms with E-state index < -0.39 is 0 Å². The number of hydrogen-bond donors (Lipinski definition) is 0. The van der Waals surface area contributed by atoms with E-state index in [-0.39, 0.29) is 0 Å². The molecule has 0 radical (unpaired) electrons. The molecule has 5 aromatic rings. The Bertz CT molecular complexity index is 1140. The molecule has 0 aliphatic carbocycles. The third kappa shape index (κ3) is 3.78. The molecule has 0 aliphatic rings. The largest absolute Gasteiger partial charge is 0.467 e. The maximum absolute atomic E-state index is 5.65. The maximum Gasteiger partial charge on any atom is 0.191 e. The molecule has 0 saturated heterocycles. The van der Waals surface area contributed by atoms with E-state index in [0.29, 0.717) is 6.54 Å². The van der Waals surface area contributed by atoms with Gasteiger partial charge in [0, 0.05) is 11.3 Å². The lowest BCUT2D eigenvalue weighted by Crippen LogP contribution is -2.15. The van der Waals surface area contributed by atoms with Crippen molar-refractivity contribution in [2.24, 2.45) is 0 Å². The fourth-order valence-electron chi connectivity index (χ4n) is 3.44. The summed E-state index contributed by atoms with van der Waals surface area (Å²) in [5.74, 6) is 0.900. The molecule has 0 amide bonds. The SMILES string of the molecule is c1ccc(-c2nc(N(Cc3ccco3)c3ccccc3)sc2-c2ccccc2)cc1. The fraction of sp³-hybridized carbons (Fsp3) is 0.0385. The Balaban J connectivity index is 1.65. The van der Waals surface area contributed by atoms with E-state index in [1.807, 2.05) is 42.5 Å². The minimum Gasteiger partial charge on any atom is -0.467 e. The van der Waals surface area contributed by atoms with Crippen molar-refractivity contribution in [2.75, 3.05) is 4.90 Å². The van der Waals surface area contributed by atoms with Gasteiger partial charge in [-0.2, -0.15) is 0 Å². The number of anilines is 2. The molecule has 0 aliphatic heterocycles. The number of aromatic nitrogens is 1. The van der Waals surface area contributed by atoms with E-state index in [9.17, 15) is 0 Å². The molecule has 3 nitrogen and oxygen atoms in total. The second kappa shape index (κ2) is 8.39. The molecular formula is C26H20N2OS. The molecule has 0 atom stereocenters. The molecule has 0 bridgehead atoms. The summed E-state index contributed by atoms with van der Waals surface area (Å²) in [6.07, 6.45) is 1.71. The van der Waals surface area contributed by atoms with Crippen LogP contribution in [0.3, 0.4) is 0 Å². The second-order valence-electron chi connectivity index (χ2n) is 6.91. The zero-order valence-corrected chi connectivity index (χ0v) is 17.1. The van der Waals surface area contributed by atoms with Gasteiger partial charge in [-0.1, -0.05) is 90.2 Å². The van der Waals surface area contributed by atoms with Gasteiger partial charge in [0.25, 0.3) is 0 Å². The van der Waals surface area contributed by atoms with Crippen LogP contribution in [0.25, 0.3) is 21.7 Å². The Morgan fingerprint density at radius 2 is 1.33 bits per heavy atom. The normalized spacial score (nSPS) is 10.8. The number of nitrogens with zero attached hydrogens (tertiary/aromatic N) is 2. The summed E-state index contributed by atoms with van der Waals surface area (Å²) < 4.78 is 5.65. The molecule has 0 spiro atoms. The average molecular weight is 409 g/mol. The van der Waals surface area contributed by atoms with E-state index in [0.717, 1.165) is 32.7 Å². The number of furan rings is 1. The summed E-state index contributed by atoms with van der Waals surface area (Å²) >= 11 is 1.71. The van der Waals surface area contributed by atoms with Crippen molar-refractivity contribution in [3.63, 3.8) is 0 Å². The lowest BCUT2D eigenvalue weighted by Gasteiger charge is -2.20. The van der Waals surface area contributed by atoms with E-state index >= 15 is 0 Å². The predicted molar refractivity (Wildman–Crippen MR) is 124 cm³/mol. The second-order valence-corrected chi connectivity index (χ2v) is 7.88. The van der Waals surface area contributed by atoms with Gasteiger partial charge in [-0.05, 0) is 29.8 Å². The molecule has 3 aromatic carbocycles. The van der Waals surface area contributed by atoms with E-state index in [2.05, 4.69) is 65.6 Å². The van der Waals surface area contributed by atoms with Gasteiger partial charge in [0.1, 0.15) is 5.76 Å². The Labute approximate surface area is 179 Å². The quantitative estimate of drug-likeness (QED) is 0.293. The highest BCUT2D eigenvalue weighted by Crippen LogP contribution is 2.42. The van der Waals surface area contributed by atoms with Crippen LogP contribution in [0, 0.1) is 0 Å². The van der Waals surface area contributed by atoms with Gasteiger partial charge in [0.05, 0.1) is 23.4 Å². The van der Waals surface area contributed by atoms with Crippen LogP contribution < -0.4 is 4.90 Å². The van der Waals surface area contributed by atoms with Crippen molar-refractivity contribution in [2.45, 2.75) is 6.54 Å². The highest BCUT2D eigenvalue weighted by molar-refractivity contribution is 7.19. The molecular weight excluding hydrogens is 388 g/mol. The van der Waals surface area contributed by atoms with Crippen LogP contribution >= 0.6 is 11.3 Å². The van der Waals surface area contributed by atoms with Crippen LogP contribution in [0.15, 0.2) is 114 Å². The average Bonchev–Trinajstić information content (AvgIpc) is 3.49. The van der Waals surface area contributed by atoms with Gasteiger partial charge in [0.15, 0.2) is 5.13 Å². The monoisotopic (exact) mass is 408 g/mol. The van der Waals surface area contributed by atoms with Crippen LogP contribution in [-0.2, 0) is 6.54 Å². The molecule has 146 valence electrons. The van der Waals surface area contributed by atoms with Crippen LogP contribution in [0.5, 0.6) is 0 Å². The molecule has 4 heteroatoms. The van der Waals surface area contributed by atoms with Gasteiger partial charge < -0.3 is 9.32 Å². The molecule has 5 rings (SSSR count). The van der Waals surface area contributed by atoms with Crippen molar-refractivity contribution in [3.8, 4) is 21.7 Å². The van der Waals surface area contributed by atoms with E-state index in [1.165, 1.54) is 5.56 Å². The van der Waals surface area contributed by atoms with E-state index in [4.69, 9.17) is 9.40 Å². The number of thiazole rings is 1. The third-order valence-corrected chi connectivity index (χ3v) is 6.02. The van der Waals surface area contributed by atoms with Crippen LogP contribution in [0.2, 0.25) is 0 Å². The summed E-state index contributed by atoms with van der Waals surface area (Å²) in [4.78, 5) is 8.49. The Kier molecular flexibility index (Phi) is 5.15. The van der Waals surface area contributed by atoms with Gasteiger partial charge in [-0.15, -0.1) is 0 Å². The third-order valence-electron chi connectivity index (χ3n) is 4.89. The summed E-state index contributed by atoms with van der Waals surface area (Å²) in [6.45, 7) is 0.618. The first kappa shape index (κ1) is 18.4. The van der Waals surface area contributed by atoms with Crippen molar-refractivity contribution < 1.29 is 4.42 Å². The highest BCUT2D eigenvalue weighted by atomic mass is 32.1. The number of hydrogen-bond acceptors (Lipinski definition) is 4. The smallest absolute Gasteiger partial charge is 0.191 e. The van der Waals surface area contributed by atoms with Gasteiger partial charge >= 0.3 is 0 Å². The molecule has 0 N–H and O–H groups in total. The van der Waals surface area contributed by atoms with Crippen molar-refractivity contribution in [1.82, 2.24) is 4.98 Å². The zero-order chi connectivity index (χ0) is 20.2. The van der Waals surface area contributed by atoms with Gasteiger partial charge in [-0.3, -0.25) is 0 Å². The molecule has 0 saturated carbocycles. The standard InChI is InChI=1S/C26H20N2OS/c1-4-11-20(12-5-1)24-25(21-13-6-2-7-14-21)30-26(27-24)28(19-23-17-10-18-29-23)22-15-8-3-9-16-22/h1-18H,19H2. The molecule has 30 heavy (non-hydrogen) atoms. The summed E-state index contributed by atoms with van der Waals surface area (Å²) in [5, 5.41) is 0.940. The molecule has 2 heterocycles. The Morgan fingerprint density at radius 3 is 1.97 bits per heavy atom. The lowest BCUT2D eigenvalue weighted by atomic mass is 10.1. The van der Waals surface area contributed by atoms with Crippen LogP contribution in [0.4, 0.5) is 10.8 Å². The lowest BCUT2D eigenvalue weighted by molar-refractivity contribution is 0.510. The molecule has 0 unspecified atom stereocenters. The first-order valence-corrected chi connectivity index (χ1v) is 10.7. The maximum atomic E-state index is 5.65. The van der Waals surface area contributed by atoms with Crippen LogP contribution in [0.1, 0.15) is 5.76 Å². The number of benzene rings is 3. The fourth-order valence-corrected chi connectivity index (χ4v) is 4.55. The minimum atomic E-state index is 0.618. The predicted octanol–water partition coefficient (Wildman–Crippen LogP) is 7.41. The Morgan fingerprint density at radius 1 is 0.700 bits per heavy atom. The number of rotatable bonds is 6. The first-order chi connectivity index (χ1) is 14.9. The Hall–Kier alpha value is -3.63.